The maximum atomic E-state index is 11.8. The molecule has 0 spiro atoms. The van der Waals surface area contributed by atoms with Gasteiger partial charge in [-0.25, -0.2) is 0 Å². The molecule has 1 aromatic carbocycles. The van der Waals surface area contributed by atoms with E-state index in [1.54, 1.807) is 30.2 Å². The monoisotopic (exact) mass is 226 g/mol. The lowest BCUT2D eigenvalue weighted by Crippen LogP contribution is -1.92. The Kier molecular flexibility index (Phi) is 3.19. The molecule has 0 aliphatic rings. The van der Waals surface area contributed by atoms with Crippen LogP contribution in [0.1, 0.15) is 21.5 Å². The molecule has 0 aliphatic heterocycles. The minimum absolute atomic E-state index is 0.0265. The van der Waals surface area contributed by atoms with Crippen molar-refractivity contribution in [1.29, 1.82) is 0 Å². The summed E-state index contributed by atoms with van der Waals surface area (Å²) in [6.07, 6.45) is 6.71. The van der Waals surface area contributed by atoms with Gasteiger partial charge in [0.15, 0.2) is 5.78 Å². The maximum absolute atomic E-state index is 11.8. The standard InChI is InChI=1S/C14H14N2O/c1-11-5-3-4-6-12(11)7-8-14(17)13-9-15-16(2)10-13/h3-10H,1-2H3. The highest BCUT2D eigenvalue weighted by Crippen LogP contribution is 2.10. The molecule has 0 unspecified atom stereocenters. The summed E-state index contributed by atoms with van der Waals surface area (Å²) in [7, 11) is 1.79. The highest BCUT2D eigenvalue weighted by atomic mass is 16.1. The Morgan fingerprint density at radius 1 is 1.35 bits per heavy atom. The van der Waals surface area contributed by atoms with Crippen LogP contribution in [0.5, 0.6) is 0 Å². The van der Waals surface area contributed by atoms with Gasteiger partial charge in [0.1, 0.15) is 0 Å². The van der Waals surface area contributed by atoms with Crippen LogP contribution >= 0.6 is 0 Å². The highest BCUT2D eigenvalue weighted by Gasteiger charge is 2.03. The van der Waals surface area contributed by atoms with Gasteiger partial charge in [0.2, 0.25) is 0 Å². The number of carbonyl (C=O) groups excluding carboxylic acids is 1. The molecule has 0 N–H and O–H groups in total. The van der Waals surface area contributed by atoms with Crippen LogP contribution in [-0.4, -0.2) is 15.6 Å². The minimum atomic E-state index is -0.0265. The van der Waals surface area contributed by atoms with Crippen molar-refractivity contribution >= 4 is 11.9 Å². The lowest BCUT2D eigenvalue weighted by atomic mass is 10.1. The zero-order chi connectivity index (χ0) is 12.3. The van der Waals surface area contributed by atoms with Crippen molar-refractivity contribution in [3.8, 4) is 0 Å². The van der Waals surface area contributed by atoms with E-state index in [0.717, 1.165) is 11.1 Å². The Labute approximate surface area is 100 Å². The molecule has 1 aromatic heterocycles. The first kappa shape index (κ1) is 11.3. The lowest BCUT2D eigenvalue weighted by molar-refractivity contribution is 0.104. The van der Waals surface area contributed by atoms with Crippen LogP contribution in [0.3, 0.4) is 0 Å². The topological polar surface area (TPSA) is 34.9 Å². The summed E-state index contributed by atoms with van der Waals surface area (Å²) in [6.45, 7) is 2.02. The van der Waals surface area contributed by atoms with E-state index in [9.17, 15) is 4.79 Å². The first-order chi connectivity index (χ1) is 8.16. The molecule has 2 rings (SSSR count). The number of aryl methyl sites for hydroxylation is 2. The molecule has 0 fully saturated rings. The zero-order valence-corrected chi connectivity index (χ0v) is 9.92. The third kappa shape index (κ3) is 2.69. The van der Waals surface area contributed by atoms with Crippen LogP contribution in [0.2, 0.25) is 0 Å². The number of rotatable bonds is 3. The zero-order valence-electron chi connectivity index (χ0n) is 9.92. The van der Waals surface area contributed by atoms with E-state index >= 15 is 0 Å². The van der Waals surface area contributed by atoms with E-state index < -0.39 is 0 Å². The summed E-state index contributed by atoms with van der Waals surface area (Å²) in [5.41, 5.74) is 2.82. The van der Waals surface area contributed by atoms with E-state index in [-0.39, 0.29) is 5.78 Å². The van der Waals surface area contributed by atoms with Crippen LogP contribution in [0.25, 0.3) is 6.08 Å². The molecule has 0 bridgehead atoms. The van der Waals surface area contributed by atoms with Crippen molar-refractivity contribution in [1.82, 2.24) is 9.78 Å². The summed E-state index contributed by atoms with van der Waals surface area (Å²) >= 11 is 0. The number of hydrogen-bond donors (Lipinski definition) is 0. The van der Waals surface area contributed by atoms with E-state index in [1.807, 2.05) is 37.3 Å². The summed E-state index contributed by atoms with van der Waals surface area (Å²) < 4.78 is 1.62. The maximum Gasteiger partial charge on any atom is 0.189 e. The van der Waals surface area contributed by atoms with Crippen molar-refractivity contribution < 1.29 is 4.79 Å². The second kappa shape index (κ2) is 4.78. The number of nitrogens with zero attached hydrogens (tertiary/aromatic N) is 2. The molecule has 0 radical (unpaired) electrons. The molecule has 0 saturated heterocycles. The minimum Gasteiger partial charge on any atom is -0.289 e. The Hall–Kier alpha value is -2.16. The predicted octanol–water partition coefficient (Wildman–Crippen LogP) is 2.62. The number of hydrogen-bond acceptors (Lipinski definition) is 2. The van der Waals surface area contributed by atoms with Gasteiger partial charge in [0, 0.05) is 13.2 Å². The number of allylic oxidation sites excluding steroid dienone is 1. The Bertz CT molecular complexity index is 567. The summed E-state index contributed by atoms with van der Waals surface area (Å²) in [6, 6.07) is 7.95. The molecule has 0 saturated carbocycles. The number of aromatic nitrogens is 2. The Morgan fingerprint density at radius 3 is 2.76 bits per heavy atom. The molecular formula is C14H14N2O. The molecule has 1 heterocycles. The van der Waals surface area contributed by atoms with Gasteiger partial charge in [-0.05, 0) is 24.1 Å². The molecule has 0 amide bonds. The molecule has 3 nitrogen and oxygen atoms in total. The van der Waals surface area contributed by atoms with Crippen molar-refractivity contribution in [2.75, 3.05) is 0 Å². The van der Waals surface area contributed by atoms with Crippen LogP contribution in [0.15, 0.2) is 42.7 Å². The van der Waals surface area contributed by atoms with Crippen molar-refractivity contribution in [2.24, 2.45) is 7.05 Å². The van der Waals surface area contributed by atoms with Crippen molar-refractivity contribution in [2.45, 2.75) is 6.92 Å². The predicted molar refractivity (Wildman–Crippen MR) is 67.8 cm³/mol. The number of carbonyl (C=O) groups is 1. The third-order valence-corrected chi connectivity index (χ3v) is 2.59. The summed E-state index contributed by atoms with van der Waals surface area (Å²) in [4.78, 5) is 11.8. The van der Waals surface area contributed by atoms with Gasteiger partial charge in [-0.3, -0.25) is 9.48 Å². The first-order valence-corrected chi connectivity index (χ1v) is 5.43. The van der Waals surface area contributed by atoms with Gasteiger partial charge in [-0.1, -0.05) is 30.3 Å². The number of benzene rings is 1. The van der Waals surface area contributed by atoms with Crippen molar-refractivity contribution in [3.63, 3.8) is 0 Å². The average Bonchev–Trinajstić information content (AvgIpc) is 2.74. The Balaban J connectivity index is 2.17. The molecule has 17 heavy (non-hydrogen) atoms. The molecule has 2 aromatic rings. The lowest BCUT2D eigenvalue weighted by Gasteiger charge is -1.97. The van der Waals surface area contributed by atoms with E-state index in [2.05, 4.69) is 5.10 Å². The normalized spacial score (nSPS) is 10.9. The fourth-order valence-corrected chi connectivity index (χ4v) is 1.58. The van der Waals surface area contributed by atoms with Crippen LogP contribution in [0, 0.1) is 6.92 Å². The molecule has 0 atom stereocenters. The van der Waals surface area contributed by atoms with Crippen LogP contribution in [0.4, 0.5) is 0 Å². The average molecular weight is 226 g/mol. The molecule has 86 valence electrons. The van der Waals surface area contributed by atoms with Crippen molar-refractivity contribution in [3.05, 3.63) is 59.4 Å². The van der Waals surface area contributed by atoms with E-state index in [4.69, 9.17) is 0 Å². The van der Waals surface area contributed by atoms with Gasteiger partial charge in [0.05, 0.1) is 11.8 Å². The smallest absolute Gasteiger partial charge is 0.189 e. The third-order valence-electron chi connectivity index (χ3n) is 2.59. The highest BCUT2D eigenvalue weighted by molar-refractivity contribution is 6.06. The fourth-order valence-electron chi connectivity index (χ4n) is 1.58. The van der Waals surface area contributed by atoms with Gasteiger partial charge in [-0.2, -0.15) is 5.10 Å². The first-order valence-electron chi connectivity index (χ1n) is 5.43. The second-order valence-corrected chi connectivity index (χ2v) is 3.96. The Morgan fingerprint density at radius 2 is 2.12 bits per heavy atom. The van der Waals surface area contributed by atoms with Crippen LogP contribution in [-0.2, 0) is 7.05 Å². The second-order valence-electron chi connectivity index (χ2n) is 3.96. The fraction of sp³-hybridized carbons (Fsp3) is 0.143. The molecular weight excluding hydrogens is 212 g/mol. The van der Waals surface area contributed by atoms with Gasteiger partial charge >= 0.3 is 0 Å². The van der Waals surface area contributed by atoms with Gasteiger partial charge < -0.3 is 0 Å². The number of ketones is 1. The van der Waals surface area contributed by atoms with E-state index in [1.165, 1.54) is 0 Å². The van der Waals surface area contributed by atoms with Gasteiger partial charge in [-0.15, -0.1) is 0 Å². The quantitative estimate of drug-likeness (QED) is 0.595. The largest absolute Gasteiger partial charge is 0.289 e. The SMILES string of the molecule is Cc1ccccc1C=CC(=O)c1cnn(C)c1. The van der Waals surface area contributed by atoms with Crippen LogP contribution < -0.4 is 0 Å². The molecule has 3 heteroatoms. The molecule has 0 aliphatic carbocycles. The van der Waals surface area contributed by atoms with Gasteiger partial charge in [0.25, 0.3) is 0 Å². The van der Waals surface area contributed by atoms with E-state index in [0.29, 0.717) is 5.56 Å². The summed E-state index contributed by atoms with van der Waals surface area (Å²) in [5, 5.41) is 3.97. The summed E-state index contributed by atoms with van der Waals surface area (Å²) in [5.74, 6) is -0.0265.